The molecule has 1 aliphatic rings. The number of alkyl halides is 1. The van der Waals surface area contributed by atoms with E-state index in [0.29, 0.717) is 5.88 Å². The van der Waals surface area contributed by atoms with Crippen LogP contribution in [-0.2, 0) is 11.2 Å². The van der Waals surface area contributed by atoms with Crippen molar-refractivity contribution in [1.82, 2.24) is 4.98 Å². The Kier molecular flexibility index (Phi) is 3.65. The standard InChI is InChI=1S/C11H16ClNOS/c1-9-13-10(6-15-9)5-11(7-12)3-2-4-14-8-11/h6H,2-5,7-8H2,1H3. The van der Waals surface area contributed by atoms with E-state index in [0.717, 1.165) is 37.5 Å². The Bertz CT molecular complexity index is 320. The molecule has 15 heavy (non-hydrogen) atoms. The lowest BCUT2D eigenvalue weighted by molar-refractivity contribution is 0.00436. The van der Waals surface area contributed by atoms with Crippen LogP contribution in [-0.4, -0.2) is 24.1 Å². The third-order valence-electron chi connectivity index (χ3n) is 2.91. The molecule has 1 fully saturated rings. The van der Waals surface area contributed by atoms with Gasteiger partial charge in [-0.3, -0.25) is 0 Å². The molecule has 0 aromatic carbocycles. The first-order valence-electron chi connectivity index (χ1n) is 5.29. The zero-order chi connectivity index (χ0) is 10.7. The first-order chi connectivity index (χ1) is 7.24. The van der Waals surface area contributed by atoms with Gasteiger partial charge in [-0.25, -0.2) is 4.98 Å². The summed E-state index contributed by atoms with van der Waals surface area (Å²) < 4.78 is 5.55. The fourth-order valence-electron chi connectivity index (χ4n) is 2.08. The van der Waals surface area contributed by atoms with E-state index in [-0.39, 0.29) is 5.41 Å². The number of aryl methyl sites for hydroxylation is 1. The summed E-state index contributed by atoms with van der Waals surface area (Å²) in [5.74, 6) is 0.670. The van der Waals surface area contributed by atoms with Gasteiger partial charge in [0.2, 0.25) is 0 Å². The van der Waals surface area contributed by atoms with E-state index in [1.165, 1.54) is 5.69 Å². The number of hydrogen-bond acceptors (Lipinski definition) is 3. The molecule has 1 atom stereocenters. The van der Waals surface area contributed by atoms with Crippen LogP contribution in [0.15, 0.2) is 5.38 Å². The number of thiazole rings is 1. The Morgan fingerprint density at radius 1 is 1.67 bits per heavy atom. The van der Waals surface area contributed by atoms with E-state index in [4.69, 9.17) is 16.3 Å². The van der Waals surface area contributed by atoms with Gasteiger partial charge in [0.1, 0.15) is 0 Å². The van der Waals surface area contributed by atoms with Gasteiger partial charge in [0.05, 0.1) is 17.3 Å². The molecular weight excluding hydrogens is 230 g/mol. The molecule has 1 unspecified atom stereocenters. The minimum absolute atomic E-state index is 0.125. The minimum atomic E-state index is 0.125. The summed E-state index contributed by atoms with van der Waals surface area (Å²) >= 11 is 7.80. The fourth-order valence-corrected chi connectivity index (χ4v) is 2.99. The molecule has 0 spiro atoms. The summed E-state index contributed by atoms with van der Waals surface area (Å²) in [6, 6.07) is 0. The molecule has 0 bridgehead atoms. The molecule has 0 amide bonds. The first-order valence-corrected chi connectivity index (χ1v) is 6.70. The second-order valence-electron chi connectivity index (χ2n) is 4.32. The van der Waals surface area contributed by atoms with Crippen molar-refractivity contribution in [1.29, 1.82) is 0 Å². The summed E-state index contributed by atoms with van der Waals surface area (Å²) in [6.07, 6.45) is 3.24. The third-order valence-corrected chi connectivity index (χ3v) is 4.30. The van der Waals surface area contributed by atoms with Crippen molar-refractivity contribution in [2.24, 2.45) is 5.41 Å². The van der Waals surface area contributed by atoms with E-state index in [1.807, 2.05) is 6.92 Å². The summed E-state index contributed by atoms with van der Waals surface area (Å²) in [5.41, 5.74) is 1.30. The summed E-state index contributed by atoms with van der Waals surface area (Å²) in [7, 11) is 0. The van der Waals surface area contributed by atoms with Crippen LogP contribution >= 0.6 is 22.9 Å². The third kappa shape index (κ3) is 2.71. The lowest BCUT2D eigenvalue weighted by Gasteiger charge is -2.34. The van der Waals surface area contributed by atoms with Crippen molar-refractivity contribution < 1.29 is 4.74 Å². The molecule has 1 aromatic rings. The highest BCUT2D eigenvalue weighted by Crippen LogP contribution is 2.33. The van der Waals surface area contributed by atoms with Crippen LogP contribution in [0, 0.1) is 12.3 Å². The molecule has 1 aromatic heterocycles. The van der Waals surface area contributed by atoms with Crippen LogP contribution in [0.2, 0.25) is 0 Å². The normalized spacial score (nSPS) is 26.8. The molecule has 84 valence electrons. The molecular formula is C11H16ClNOS. The molecule has 1 aliphatic heterocycles. The van der Waals surface area contributed by atoms with Crippen LogP contribution in [0.3, 0.4) is 0 Å². The second kappa shape index (κ2) is 4.81. The van der Waals surface area contributed by atoms with Crippen LogP contribution in [0.5, 0.6) is 0 Å². The van der Waals surface area contributed by atoms with Crippen molar-refractivity contribution in [3.63, 3.8) is 0 Å². The monoisotopic (exact) mass is 245 g/mol. The molecule has 0 saturated carbocycles. The maximum absolute atomic E-state index is 6.09. The predicted octanol–water partition coefficient (Wildman–Crippen LogP) is 3.03. The Morgan fingerprint density at radius 3 is 3.07 bits per heavy atom. The zero-order valence-electron chi connectivity index (χ0n) is 8.96. The molecule has 2 nitrogen and oxygen atoms in total. The van der Waals surface area contributed by atoms with Crippen LogP contribution in [0.25, 0.3) is 0 Å². The minimum Gasteiger partial charge on any atom is -0.381 e. The predicted molar refractivity (Wildman–Crippen MR) is 63.8 cm³/mol. The maximum Gasteiger partial charge on any atom is 0.0897 e. The van der Waals surface area contributed by atoms with Crippen molar-refractivity contribution >= 4 is 22.9 Å². The first kappa shape index (κ1) is 11.4. The number of hydrogen-bond donors (Lipinski definition) is 0. The molecule has 2 rings (SSSR count). The highest BCUT2D eigenvalue weighted by Gasteiger charge is 2.33. The van der Waals surface area contributed by atoms with Crippen LogP contribution in [0.4, 0.5) is 0 Å². The van der Waals surface area contributed by atoms with Gasteiger partial charge in [-0.05, 0) is 26.2 Å². The van der Waals surface area contributed by atoms with Crippen LogP contribution < -0.4 is 0 Å². The smallest absolute Gasteiger partial charge is 0.0897 e. The molecule has 2 heterocycles. The average Bonchev–Trinajstić information content (AvgIpc) is 2.65. The average molecular weight is 246 g/mol. The highest BCUT2D eigenvalue weighted by atomic mass is 35.5. The Hall–Kier alpha value is -0.120. The van der Waals surface area contributed by atoms with Gasteiger partial charge in [-0.15, -0.1) is 22.9 Å². The van der Waals surface area contributed by atoms with E-state index in [9.17, 15) is 0 Å². The topological polar surface area (TPSA) is 22.1 Å². The summed E-state index contributed by atoms with van der Waals surface area (Å²) in [4.78, 5) is 4.50. The van der Waals surface area contributed by atoms with Crippen molar-refractivity contribution in [2.75, 3.05) is 19.1 Å². The van der Waals surface area contributed by atoms with Crippen molar-refractivity contribution in [3.8, 4) is 0 Å². The molecule has 0 radical (unpaired) electrons. The largest absolute Gasteiger partial charge is 0.381 e. The van der Waals surface area contributed by atoms with E-state index < -0.39 is 0 Å². The van der Waals surface area contributed by atoms with E-state index in [1.54, 1.807) is 11.3 Å². The highest BCUT2D eigenvalue weighted by molar-refractivity contribution is 7.09. The van der Waals surface area contributed by atoms with Crippen molar-refractivity contribution in [2.45, 2.75) is 26.2 Å². The summed E-state index contributed by atoms with van der Waals surface area (Å²) in [6.45, 7) is 3.71. The van der Waals surface area contributed by atoms with Crippen molar-refractivity contribution in [3.05, 3.63) is 16.1 Å². The van der Waals surface area contributed by atoms with E-state index in [2.05, 4.69) is 10.4 Å². The number of ether oxygens (including phenoxy) is 1. The lowest BCUT2D eigenvalue weighted by atomic mass is 9.80. The number of nitrogens with zero attached hydrogens (tertiary/aromatic N) is 1. The Morgan fingerprint density at radius 2 is 2.53 bits per heavy atom. The number of rotatable bonds is 3. The van der Waals surface area contributed by atoms with Gasteiger partial charge in [0.25, 0.3) is 0 Å². The van der Waals surface area contributed by atoms with Crippen LogP contribution in [0.1, 0.15) is 23.5 Å². The quantitative estimate of drug-likeness (QED) is 0.764. The van der Waals surface area contributed by atoms with Gasteiger partial charge in [-0.2, -0.15) is 0 Å². The van der Waals surface area contributed by atoms with Gasteiger partial charge in [0, 0.05) is 23.3 Å². The Labute approximate surface area is 99.6 Å². The van der Waals surface area contributed by atoms with Gasteiger partial charge >= 0.3 is 0 Å². The molecule has 1 saturated heterocycles. The van der Waals surface area contributed by atoms with Gasteiger partial charge < -0.3 is 4.74 Å². The zero-order valence-corrected chi connectivity index (χ0v) is 10.5. The molecule has 0 aliphatic carbocycles. The second-order valence-corrected chi connectivity index (χ2v) is 5.65. The summed E-state index contributed by atoms with van der Waals surface area (Å²) in [5, 5.41) is 3.27. The lowest BCUT2D eigenvalue weighted by Crippen LogP contribution is -2.35. The molecule has 4 heteroatoms. The maximum atomic E-state index is 6.09. The molecule has 0 N–H and O–H groups in total. The fraction of sp³-hybridized carbons (Fsp3) is 0.727. The SMILES string of the molecule is Cc1nc(CC2(CCl)CCCOC2)cs1. The number of aromatic nitrogens is 1. The van der Waals surface area contributed by atoms with Gasteiger partial charge in [0.15, 0.2) is 0 Å². The van der Waals surface area contributed by atoms with Gasteiger partial charge in [-0.1, -0.05) is 0 Å². The Balaban J connectivity index is 2.06. The number of halogens is 1. The van der Waals surface area contributed by atoms with E-state index >= 15 is 0 Å².